The summed E-state index contributed by atoms with van der Waals surface area (Å²) < 4.78 is 4.81. The second-order valence-corrected chi connectivity index (χ2v) is 4.81. The monoisotopic (exact) mass is 292 g/mol. The fourth-order valence-electron chi connectivity index (χ4n) is 1.94. The van der Waals surface area contributed by atoms with Crippen LogP contribution in [-0.4, -0.2) is 25.0 Å². The normalized spacial score (nSPS) is 11.7. The molecule has 0 spiro atoms. The first-order valence-electron chi connectivity index (χ1n) is 7.36. The van der Waals surface area contributed by atoms with Crippen LogP contribution in [0.5, 0.6) is 0 Å². The predicted molar refractivity (Wildman–Crippen MR) is 81.5 cm³/mol. The zero-order valence-electron chi connectivity index (χ0n) is 12.5. The Morgan fingerprint density at radius 3 is 2.62 bits per heavy atom. The van der Waals surface area contributed by atoms with Gasteiger partial charge in [0, 0.05) is 25.4 Å². The molecule has 1 atom stereocenters. The van der Waals surface area contributed by atoms with Crippen molar-refractivity contribution in [3.8, 4) is 0 Å². The lowest BCUT2D eigenvalue weighted by Gasteiger charge is -2.11. The Hall–Kier alpha value is -1.88. The van der Waals surface area contributed by atoms with E-state index in [2.05, 4.69) is 5.32 Å². The van der Waals surface area contributed by atoms with Crippen LogP contribution in [0.4, 0.5) is 0 Å². The topological polar surface area (TPSA) is 81.4 Å². The Bertz CT molecular complexity index is 434. The van der Waals surface area contributed by atoms with Crippen LogP contribution < -0.4 is 11.1 Å². The van der Waals surface area contributed by atoms with Crippen molar-refractivity contribution in [2.45, 2.75) is 38.6 Å². The van der Waals surface area contributed by atoms with Crippen LogP contribution >= 0.6 is 0 Å². The average Bonchev–Trinajstić information content (AvgIpc) is 2.50. The number of hydrogen-bond donors (Lipinski definition) is 2. The smallest absolute Gasteiger partial charge is 0.305 e. The third kappa shape index (κ3) is 7.46. The second-order valence-electron chi connectivity index (χ2n) is 4.81. The van der Waals surface area contributed by atoms with E-state index in [-0.39, 0.29) is 17.9 Å². The summed E-state index contributed by atoms with van der Waals surface area (Å²) >= 11 is 0. The molecule has 0 fully saturated rings. The highest BCUT2D eigenvalue weighted by molar-refractivity contribution is 5.76. The van der Waals surface area contributed by atoms with Crippen LogP contribution in [-0.2, 0) is 14.3 Å². The highest BCUT2D eigenvalue weighted by Gasteiger charge is 2.09. The number of nitrogens with one attached hydrogen (secondary N) is 1. The van der Waals surface area contributed by atoms with E-state index >= 15 is 0 Å². The lowest BCUT2D eigenvalue weighted by molar-refractivity contribution is -0.143. The highest BCUT2D eigenvalue weighted by Crippen LogP contribution is 2.14. The molecule has 5 heteroatoms. The van der Waals surface area contributed by atoms with Crippen LogP contribution in [0.2, 0.25) is 0 Å². The number of amides is 1. The molecule has 0 aliphatic carbocycles. The van der Waals surface area contributed by atoms with Crippen molar-refractivity contribution in [2.75, 3.05) is 13.2 Å². The van der Waals surface area contributed by atoms with Crippen molar-refractivity contribution in [1.82, 2.24) is 5.32 Å². The van der Waals surface area contributed by atoms with Crippen LogP contribution in [0, 0.1) is 0 Å². The molecule has 0 saturated heterocycles. The number of rotatable bonds is 9. The molecule has 0 saturated carbocycles. The SMILES string of the molecule is CCOC(=O)CCCNC(=O)CCC(N)c1ccccc1. The van der Waals surface area contributed by atoms with Gasteiger partial charge < -0.3 is 15.8 Å². The van der Waals surface area contributed by atoms with Gasteiger partial charge in [-0.15, -0.1) is 0 Å². The molecule has 0 aliphatic rings. The van der Waals surface area contributed by atoms with Gasteiger partial charge >= 0.3 is 5.97 Å². The van der Waals surface area contributed by atoms with Gasteiger partial charge in [-0.3, -0.25) is 9.59 Å². The largest absolute Gasteiger partial charge is 0.466 e. The molecule has 5 nitrogen and oxygen atoms in total. The van der Waals surface area contributed by atoms with E-state index in [1.165, 1.54) is 0 Å². The quantitative estimate of drug-likeness (QED) is 0.538. The fraction of sp³-hybridized carbons (Fsp3) is 0.500. The van der Waals surface area contributed by atoms with Gasteiger partial charge in [-0.25, -0.2) is 0 Å². The molecule has 0 aliphatic heterocycles. The van der Waals surface area contributed by atoms with E-state index in [0.717, 1.165) is 5.56 Å². The minimum Gasteiger partial charge on any atom is -0.466 e. The van der Waals surface area contributed by atoms with Crippen LogP contribution in [0.3, 0.4) is 0 Å². The van der Waals surface area contributed by atoms with Crippen molar-refractivity contribution in [2.24, 2.45) is 5.73 Å². The fourth-order valence-corrected chi connectivity index (χ4v) is 1.94. The molecular weight excluding hydrogens is 268 g/mol. The Balaban J connectivity index is 2.13. The maximum Gasteiger partial charge on any atom is 0.305 e. The molecule has 3 N–H and O–H groups in total. The van der Waals surface area contributed by atoms with Crippen LogP contribution in [0.1, 0.15) is 44.2 Å². The van der Waals surface area contributed by atoms with Gasteiger partial charge in [0.05, 0.1) is 6.61 Å². The Morgan fingerprint density at radius 1 is 1.24 bits per heavy atom. The third-order valence-electron chi connectivity index (χ3n) is 3.10. The number of nitrogens with two attached hydrogens (primary N) is 1. The standard InChI is InChI=1S/C16H24N2O3/c1-2-21-16(20)9-6-12-18-15(19)11-10-14(17)13-7-4-3-5-8-13/h3-5,7-8,14H,2,6,9-12,17H2,1H3,(H,18,19). The number of esters is 1. The first kappa shape index (κ1) is 17.2. The van der Waals surface area contributed by atoms with Crippen LogP contribution in [0.15, 0.2) is 30.3 Å². The molecule has 1 amide bonds. The lowest BCUT2D eigenvalue weighted by Crippen LogP contribution is -2.26. The van der Waals surface area contributed by atoms with E-state index in [1.807, 2.05) is 30.3 Å². The molecule has 1 rings (SSSR count). The van der Waals surface area contributed by atoms with Crippen molar-refractivity contribution in [3.05, 3.63) is 35.9 Å². The summed E-state index contributed by atoms with van der Waals surface area (Å²) in [6.07, 6.45) is 1.91. The summed E-state index contributed by atoms with van der Waals surface area (Å²) in [5.41, 5.74) is 7.06. The number of hydrogen-bond acceptors (Lipinski definition) is 4. The molecular formula is C16H24N2O3. The van der Waals surface area contributed by atoms with E-state index < -0.39 is 0 Å². The summed E-state index contributed by atoms with van der Waals surface area (Å²) in [6.45, 7) is 2.65. The van der Waals surface area contributed by atoms with E-state index in [4.69, 9.17) is 10.5 Å². The molecule has 0 radical (unpaired) electrons. The predicted octanol–water partition coefficient (Wildman–Crippen LogP) is 1.93. The first-order valence-corrected chi connectivity index (χ1v) is 7.36. The summed E-state index contributed by atoms with van der Waals surface area (Å²) in [5, 5.41) is 2.78. The maximum absolute atomic E-state index is 11.7. The average molecular weight is 292 g/mol. The first-order chi connectivity index (χ1) is 10.1. The molecule has 0 heterocycles. The maximum atomic E-state index is 11.7. The highest BCUT2D eigenvalue weighted by atomic mass is 16.5. The van der Waals surface area contributed by atoms with Gasteiger partial charge in [0.1, 0.15) is 0 Å². The number of carbonyl (C=O) groups is 2. The van der Waals surface area contributed by atoms with Crippen molar-refractivity contribution in [1.29, 1.82) is 0 Å². The molecule has 0 bridgehead atoms. The van der Waals surface area contributed by atoms with Gasteiger partial charge in [0.25, 0.3) is 0 Å². The zero-order chi connectivity index (χ0) is 15.5. The second kappa shape index (κ2) is 9.94. The van der Waals surface area contributed by atoms with Crippen LogP contribution in [0.25, 0.3) is 0 Å². The minimum atomic E-state index is -0.224. The Morgan fingerprint density at radius 2 is 1.95 bits per heavy atom. The molecule has 1 aromatic rings. The lowest BCUT2D eigenvalue weighted by atomic mass is 10.0. The van der Waals surface area contributed by atoms with Gasteiger partial charge in [0.2, 0.25) is 5.91 Å². The summed E-state index contributed by atoms with van der Waals surface area (Å²) in [6, 6.07) is 9.60. The molecule has 1 aromatic carbocycles. The van der Waals surface area contributed by atoms with Gasteiger partial charge in [-0.2, -0.15) is 0 Å². The number of ether oxygens (including phenoxy) is 1. The number of carbonyl (C=O) groups excluding carboxylic acids is 2. The molecule has 21 heavy (non-hydrogen) atoms. The van der Waals surface area contributed by atoms with E-state index in [0.29, 0.717) is 38.8 Å². The van der Waals surface area contributed by atoms with E-state index in [9.17, 15) is 9.59 Å². The summed E-state index contributed by atoms with van der Waals surface area (Å²) in [4.78, 5) is 22.8. The van der Waals surface area contributed by atoms with Gasteiger partial charge in [-0.05, 0) is 25.3 Å². The van der Waals surface area contributed by atoms with E-state index in [1.54, 1.807) is 6.92 Å². The van der Waals surface area contributed by atoms with Gasteiger partial charge in [0.15, 0.2) is 0 Å². The summed E-state index contributed by atoms with van der Waals surface area (Å²) in [7, 11) is 0. The summed E-state index contributed by atoms with van der Waals surface area (Å²) in [5.74, 6) is -0.261. The number of benzene rings is 1. The van der Waals surface area contributed by atoms with Gasteiger partial charge in [-0.1, -0.05) is 30.3 Å². The molecule has 0 aromatic heterocycles. The Kier molecular flexibility index (Phi) is 8.12. The van der Waals surface area contributed by atoms with Crippen molar-refractivity contribution >= 4 is 11.9 Å². The minimum absolute atomic E-state index is 0.0368. The Labute approximate surface area is 125 Å². The molecule has 1 unspecified atom stereocenters. The van der Waals surface area contributed by atoms with Crippen molar-refractivity contribution in [3.63, 3.8) is 0 Å². The zero-order valence-corrected chi connectivity index (χ0v) is 12.5. The molecule has 116 valence electrons. The van der Waals surface area contributed by atoms with Crippen molar-refractivity contribution < 1.29 is 14.3 Å². The third-order valence-corrected chi connectivity index (χ3v) is 3.10.